The van der Waals surface area contributed by atoms with Crippen LogP contribution >= 0.6 is 15.9 Å². The van der Waals surface area contributed by atoms with Crippen molar-refractivity contribution in [2.24, 2.45) is 0 Å². The normalized spacial score (nSPS) is 11.3. The predicted octanol–water partition coefficient (Wildman–Crippen LogP) is 4.60. The van der Waals surface area contributed by atoms with Gasteiger partial charge in [0.1, 0.15) is 17.9 Å². The van der Waals surface area contributed by atoms with Gasteiger partial charge in [0, 0.05) is 9.86 Å². The van der Waals surface area contributed by atoms with E-state index in [1.807, 2.05) is 36.4 Å². The molecule has 0 amide bonds. The SMILES string of the molecule is Nc1cncc2c1cnn2Cc1oc2ccc(Br)cc2c(=O)c1-c1ccccc1. The minimum absolute atomic E-state index is 0.0807. The van der Waals surface area contributed by atoms with Crippen LogP contribution in [0.1, 0.15) is 5.76 Å². The topological polar surface area (TPSA) is 86.9 Å². The molecule has 0 aliphatic carbocycles. The minimum atomic E-state index is -0.0807. The third-order valence-corrected chi connectivity index (χ3v) is 5.38. The maximum atomic E-state index is 13.4. The summed E-state index contributed by atoms with van der Waals surface area (Å²) in [6.45, 7) is 0.278. The zero-order chi connectivity index (χ0) is 20.0. The highest BCUT2D eigenvalue weighted by Gasteiger charge is 2.18. The molecule has 6 nitrogen and oxygen atoms in total. The van der Waals surface area contributed by atoms with Crippen LogP contribution in [0.4, 0.5) is 5.69 Å². The lowest BCUT2D eigenvalue weighted by Gasteiger charge is -2.11. The Morgan fingerprint density at radius 2 is 1.86 bits per heavy atom. The number of nitrogens with two attached hydrogens (primary N) is 1. The Morgan fingerprint density at radius 3 is 2.69 bits per heavy atom. The van der Waals surface area contributed by atoms with Crippen molar-refractivity contribution >= 4 is 43.5 Å². The van der Waals surface area contributed by atoms with Gasteiger partial charge in [-0.2, -0.15) is 5.10 Å². The van der Waals surface area contributed by atoms with Crippen LogP contribution in [0.3, 0.4) is 0 Å². The first-order valence-corrected chi connectivity index (χ1v) is 9.77. The predicted molar refractivity (Wildman–Crippen MR) is 117 cm³/mol. The average Bonchev–Trinajstić information content (AvgIpc) is 3.14. The first kappa shape index (κ1) is 17.6. The zero-order valence-corrected chi connectivity index (χ0v) is 16.8. The molecule has 0 unspecified atom stereocenters. The van der Waals surface area contributed by atoms with Crippen LogP contribution < -0.4 is 11.2 Å². The molecule has 0 bridgehead atoms. The maximum Gasteiger partial charge on any atom is 0.200 e. The second-order valence-electron chi connectivity index (χ2n) is 6.70. The fourth-order valence-corrected chi connectivity index (χ4v) is 3.86. The van der Waals surface area contributed by atoms with E-state index in [2.05, 4.69) is 26.0 Å². The van der Waals surface area contributed by atoms with E-state index in [0.29, 0.717) is 28.0 Å². The minimum Gasteiger partial charge on any atom is -0.458 e. The molecule has 7 heteroatoms. The third kappa shape index (κ3) is 3.00. The van der Waals surface area contributed by atoms with Crippen molar-refractivity contribution < 1.29 is 4.42 Å². The van der Waals surface area contributed by atoms with Crippen LogP contribution in [-0.4, -0.2) is 14.8 Å². The van der Waals surface area contributed by atoms with E-state index in [-0.39, 0.29) is 12.0 Å². The summed E-state index contributed by atoms with van der Waals surface area (Å²) in [4.78, 5) is 17.6. The summed E-state index contributed by atoms with van der Waals surface area (Å²) >= 11 is 3.43. The van der Waals surface area contributed by atoms with Gasteiger partial charge in [-0.1, -0.05) is 46.3 Å². The second kappa shape index (κ2) is 6.86. The summed E-state index contributed by atoms with van der Waals surface area (Å²) in [5, 5.41) is 5.78. The number of nitrogens with zero attached hydrogens (tertiary/aromatic N) is 3. The van der Waals surface area contributed by atoms with E-state index in [4.69, 9.17) is 10.2 Å². The lowest BCUT2D eigenvalue weighted by atomic mass is 10.0. The largest absolute Gasteiger partial charge is 0.458 e. The summed E-state index contributed by atoms with van der Waals surface area (Å²) in [6, 6.07) is 14.9. The van der Waals surface area contributed by atoms with Crippen LogP contribution in [0.5, 0.6) is 0 Å². The highest BCUT2D eigenvalue weighted by atomic mass is 79.9. The summed E-state index contributed by atoms with van der Waals surface area (Å²) in [5.41, 5.74) is 9.11. The number of hydrogen-bond acceptors (Lipinski definition) is 5. The highest BCUT2D eigenvalue weighted by molar-refractivity contribution is 9.10. The molecule has 3 heterocycles. The molecule has 0 atom stereocenters. The van der Waals surface area contributed by atoms with Gasteiger partial charge in [-0.25, -0.2) is 0 Å². The first-order chi connectivity index (χ1) is 14.1. The number of benzene rings is 2. The van der Waals surface area contributed by atoms with Crippen LogP contribution in [0, 0.1) is 0 Å². The summed E-state index contributed by atoms with van der Waals surface area (Å²) in [6.07, 6.45) is 5.00. The van der Waals surface area contributed by atoms with Crippen LogP contribution in [-0.2, 0) is 6.54 Å². The molecule has 0 aliphatic rings. The molecule has 29 heavy (non-hydrogen) atoms. The van der Waals surface area contributed by atoms with Crippen molar-refractivity contribution in [2.75, 3.05) is 5.73 Å². The lowest BCUT2D eigenvalue weighted by molar-refractivity contribution is 0.507. The zero-order valence-electron chi connectivity index (χ0n) is 15.2. The van der Waals surface area contributed by atoms with Gasteiger partial charge in [-0.05, 0) is 23.8 Å². The molecule has 0 spiro atoms. The number of halogens is 1. The standard InChI is InChI=1S/C22H15BrN4O2/c23-14-6-7-19-15(8-14)22(28)21(13-4-2-1-3-5-13)20(29-19)12-27-18-11-25-10-17(24)16(18)9-26-27/h1-11H,12,24H2. The molecule has 0 saturated carbocycles. The number of pyridine rings is 1. The molecule has 0 radical (unpaired) electrons. The molecule has 5 aromatic rings. The van der Waals surface area contributed by atoms with Crippen molar-refractivity contribution in [3.05, 3.63) is 87.6 Å². The number of fused-ring (bicyclic) bond motifs is 2. The molecule has 2 aromatic carbocycles. The number of rotatable bonds is 3. The van der Waals surface area contributed by atoms with E-state index in [9.17, 15) is 4.79 Å². The molecule has 142 valence electrons. The van der Waals surface area contributed by atoms with Crippen LogP contribution in [0.15, 0.2) is 80.8 Å². The monoisotopic (exact) mass is 446 g/mol. The van der Waals surface area contributed by atoms with Crippen molar-refractivity contribution in [3.63, 3.8) is 0 Å². The smallest absolute Gasteiger partial charge is 0.200 e. The molecule has 0 aliphatic heterocycles. The van der Waals surface area contributed by atoms with Crippen molar-refractivity contribution in [1.82, 2.24) is 14.8 Å². The van der Waals surface area contributed by atoms with Gasteiger partial charge in [0.15, 0.2) is 0 Å². The number of anilines is 1. The van der Waals surface area contributed by atoms with Gasteiger partial charge >= 0.3 is 0 Å². The quantitative estimate of drug-likeness (QED) is 0.437. The van der Waals surface area contributed by atoms with E-state index < -0.39 is 0 Å². The molecule has 0 fully saturated rings. The Kier molecular flexibility index (Phi) is 4.17. The number of hydrogen-bond donors (Lipinski definition) is 1. The molecule has 0 saturated heterocycles. The Labute approximate surface area is 173 Å². The Hall–Kier alpha value is -3.45. The van der Waals surface area contributed by atoms with E-state index >= 15 is 0 Å². The Bertz CT molecular complexity index is 1420. The van der Waals surface area contributed by atoms with Gasteiger partial charge in [-0.15, -0.1) is 0 Å². The molecular weight excluding hydrogens is 432 g/mol. The second-order valence-corrected chi connectivity index (χ2v) is 7.62. The number of nitrogen functional groups attached to an aromatic ring is 1. The highest BCUT2D eigenvalue weighted by Crippen LogP contribution is 2.28. The van der Waals surface area contributed by atoms with Crippen molar-refractivity contribution in [1.29, 1.82) is 0 Å². The van der Waals surface area contributed by atoms with Crippen LogP contribution in [0.2, 0.25) is 0 Å². The van der Waals surface area contributed by atoms with E-state index in [1.165, 1.54) is 0 Å². The van der Waals surface area contributed by atoms with Crippen molar-refractivity contribution in [3.8, 4) is 11.1 Å². The molecule has 5 rings (SSSR count). The van der Waals surface area contributed by atoms with Crippen LogP contribution in [0.25, 0.3) is 33.0 Å². The third-order valence-electron chi connectivity index (χ3n) is 4.88. The van der Waals surface area contributed by atoms with Crippen molar-refractivity contribution in [2.45, 2.75) is 6.54 Å². The maximum absolute atomic E-state index is 13.4. The Morgan fingerprint density at radius 1 is 1.03 bits per heavy atom. The summed E-state index contributed by atoms with van der Waals surface area (Å²) in [7, 11) is 0. The number of aromatic nitrogens is 3. The average molecular weight is 447 g/mol. The fraction of sp³-hybridized carbons (Fsp3) is 0.0455. The lowest BCUT2D eigenvalue weighted by Crippen LogP contribution is -2.12. The van der Waals surface area contributed by atoms with Gasteiger partial charge in [0.05, 0.1) is 40.7 Å². The molecule has 3 aromatic heterocycles. The van der Waals surface area contributed by atoms with Gasteiger partial charge in [0.2, 0.25) is 5.43 Å². The van der Waals surface area contributed by atoms with Gasteiger partial charge < -0.3 is 10.2 Å². The Balaban J connectivity index is 1.77. The summed E-state index contributed by atoms with van der Waals surface area (Å²) in [5.74, 6) is 0.531. The van der Waals surface area contributed by atoms with E-state index in [0.717, 1.165) is 20.9 Å². The summed E-state index contributed by atoms with van der Waals surface area (Å²) < 4.78 is 8.77. The molecular formula is C22H15BrN4O2. The first-order valence-electron chi connectivity index (χ1n) is 8.97. The fourth-order valence-electron chi connectivity index (χ4n) is 3.50. The van der Waals surface area contributed by atoms with Gasteiger partial charge in [0.25, 0.3) is 0 Å². The van der Waals surface area contributed by atoms with Gasteiger partial charge in [-0.3, -0.25) is 14.5 Å². The van der Waals surface area contributed by atoms with E-state index in [1.54, 1.807) is 35.4 Å². The molecule has 2 N–H and O–H groups in total.